The summed E-state index contributed by atoms with van der Waals surface area (Å²) in [5.41, 5.74) is 1.53. The minimum atomic E-state index is -0.435. The third kappa shape index (κ3) is 5.02. The number of nitrogens with zero attached hydrogens (tertiary/aromatic N) is 2. The molecular weight excluding hydrogens is 294 g/mol. The summed E-state index contributed by atoms with van der Waals surface area (Å²) in [5, 5.41) is 2.76. The van der Waals surface area contributed by atoms with Gasteiger partial charge in [-0.2, -0.15) is 0 Å². The van der Waals surface area contributed by atoms with Gasteiger partial charge in [-0.15, -0.1) is 0 Å². The Hall–Kier alpha value is -2.50. The second-order valence-corrected chi connectivity index (χ2v) is 5.46. The molecule has 0 spiro atoms. The van der Waals surface area contributed by atoms with Gasteiger partial charge in [-0.1, -0.05) is 24.8 Å². The number of hydrogen-bond donors (Lipinski definition) is 1. The first kappa shape index (κ1) is 16.9. The summed E-state index contributed by atoms with van der Waals surface area (Å²) in [4.78, 5) is 27.3. The fraction of sp³-hybridized carbons (Fsp3) is 0.412. The van der Waals surface area contributed by atoms with Crippen LogP contribution in [0, 0.1) is 0 Å². The SMILES string of the molecule is C=C(C)C(=O)OCCNC(=O)N1CCN(c2ccccc2)CC1. The number of anilines is 1. The normalized spacial score (nSPS) is 14.3. The van der Waals surface area contributed by atoms with Gasteiger partial charge in [0.15, 0.2) is 0 Å². The summed E-state index contributed by atoms with van der Waals surface area (Å²) < 4.78 is 4.94. The van der Waals surface area contributed by atoms with Gasteiger partial charge in [0, 0.05) is 37.4 Å². The largest absolute Gasteiger partial charge is 0.460 e. The van der Waals surface area contributed by atoms with E-state index in [0.29, 0.717) is 25.2 Å². The Morgan fingerprint density at radius 1 is 1.17 bits per heavy atom. The molecule has 0 bridgehead atoms. The molecule has 1 aliphatic rings. The van der Waals surface area contributed by atoms with E-state index in [1.54, 1.807) is 11.8 Å². The van der Waals surface area contributed by atoms with E-state index in [4.69, 9.17) is 4.74 Å². The minimum absolute atomic E-state index is 0.121. The Morgan fingerprint density at radius 3 is 2.43 bits per heavy atom. The maximum Gasteiger partial charge on any atom is 0.333 e. The van der Waals surface area contributed by atoms with Crippen LogP contribution in [0.25, 0.3) is 0 Å². The Balaban J connectivity index is 1.68. The van der Waals surface area contributed by atoms with Gasteiger partial charge in [-0.25, -0.2) is 9.59 Å². The Labute approximate surface area is 136 Å². The van der Waals surface area contributed by atoms with Crippen molar-refractivity contribution in [2.75, 3.05) is 44.2 Å². The molecule has 0 saturated carbocycles. The van der Waals surface area contributed by atoms with Gasteiger partial charge < -0.3 is 19.9 Å². The molecule has 2 amide bonds. The van der Waals surface area contributed by atoms with Crippen molar-refractivity contribution in [1.82, 2.24) is 10.2 Å². The zero-order valence-corrected chi connectivity index (χ0v) is 13.5. The van der Waals surface area contributed by atoms with E-state index in [2.05, 4.69) is 28.9 Å². The molecule has 23 heavy (non-hydrogen) atoms. The fourth-order valence-electron chi connectivity index (χ4n) is 2.34. The maximum atomic E-state index is 12.1. The molecule has 1 aliphatic heterocycles. The quantitative estimate of drug-likeness (QED) is 0.509. The first-order chi connectivity index (χ1) is 11.1. The molecule has 0 atom stereocenters. The zero-order valence-electron chi connectivity index (χ0n) is 13.5. The number of piperazine rings is 1. The minimum Gasteiger partial charge on any atom is -0.460 e. The molecule has 1 heterocycles. The lowest BCUT2D eigenvalue weighted by molar-refractivity contribution is -0.138. The van der Waals surface area contributed by atoms with Gasteiger partial charge in [0.2, 0.25) is 0 Å². The van der Waals surface area contributed by atoms with Gasteiger partial charge in [-0.3, -0.25) is 0 Å². The van der Waals surface area contributed by atoms with E-state index in [-0.39, 0.29) is 12.6 Å². The molecule has 124 valence electrons. The highest BCUT2D eigenvalue weighted by molar-refractivity contribution is 5.86. The van der Waals surface area contributed by atoms with E-state index in [1.807, 2.05) is 18.2 Å². The number of rotatable bonds is 5. The number of ether oxygens (including phenoxy) is 1. The van der Waals surface area contributed by atoms with E-state index in [9.17, 15) is 9.59 Å². The van der Waals surface area contributed by atoms with Gasteiger partial charge in [-0.05, 0) is 19.1 Å². The molecule has 6 nitrogen and oxygen atoms in total. The molecule has 2 rings (SSSR count). The van der Waals surface area contributed by atoms with E-state index < -0.39 is 5.97 Å². The first-order valence-corrected chi connectivity index (χ1v) is 7.73. The van der Waals surface area contributed by atoms with Crippen LogP contribution in [0.2, 0.25) is 0 Å². The molecule has 0 unspecified atom stereocenters. The summed E-state index contributed by atoms with van der Waals surface area (Å²) >= 11 is 0. The van der Waals surface area contributed by atoms with Crippen LogP contribution in [0.1, 0.15) is 6.92 Å². The van der Waals surface area contributed by atoms with Crippen molar-refractivity contribution in [3.8, 4) is 0 Å². The number of carbonyl (C=O) groups excluding carboxylic acids is 2. The average Bonchev–Trinajstić information content (AvgIpc) is 2.59. The summed E-state index contributed by atoms with van der Waals surface area (Å²) in [7, 11) is 0. The third-order valence-electron chi connectivity index (χ3n) is 3.65. The average molecular weight is 317 g/mol. The molecule has 1 aromatic rings. The molecule has 1 N–H and O–H groups in total. The maximum absolute atomic E-state index is 12.1. The van der Waals surface area contributed by atoms with Crippen molar-refractivity contribution >= 4 is 17.7 Å². The van der Waals surface area contributed by atoms with Crippen molar-refractivity contribution in [3.63, 3.8) is 0 Å². The van der Waals surface area contributed by atoms with Gasteiger partial charge in [0.05, 0.1) is 6.54 Å². The summed E-state index contributed by atoms with van der Waals surface area (Å²) in [6.45, 7) is 8.51. The third-order valence-corrected chi connectivity index (χ3v) is 3.65. The van der Waals surface area contributed by atoms with Crippen LogP contribution in [-0.2, 0) is 9.53 Å². The molecule has 0 aromatic heterocycles. The lowest BCUT2D eigenvalue weighted by atomic mass is 10.2. The van der Waals surface area contributed by atoms with Crippen LogP contribution in [0.4, 0.5) is 10.5 Å². The lowest BCUT2D eigenvalue weighted by Gasteiger charge is -2.36. The summed E-state index contributed by atoms with van der Waals surface area (Å²) in [6.07, 6.45) is 0. The van der Waals surface area contributed by atoms with Crippen LogP contribution in [0.5, 0.6) is 0 Å². The number of amides is 2. The molecular formula is C17H23N3O3. The summed E-state index contributed by atoms with van der Waals surface area (Å²) in [5.74, 6) is -0.435. The Bertz CT molecular complexity index is 551. The predicted octanol–water partition coefficient (Wildman–Crippen LogP) is 1.64. The van der Waals surface area contributed by atoms with Crippen LogP contribution < -0.4 is 10.2 Å². The summed E-state index contributed by atoms with van der Waals surface area (Å²) in [6, 6.07) is 10.1. The number of carbonyl (C=O) groups is 2. The number of hydrogen-bond acceptors (Lipinski definition) is 4. The highest BCUT2D eigenvalue weighted by Gasteiger charge is 2.20. The van der Waals surface area contributed by atoms with E-state index in [1.165, 1.54) is 5.69 Å². The van der Waals surface area contributed by atoms with Crippen molar-refractivity contribution in [2.45, 2.75) is 6.92 Å². The van der Waals surface area contributed by atoms with Crippen LogP contribution in [0.15, 0.2) is 42.5 Å². The van der Waals surface area contributed by atoms with Crippen LogP contribution >= 0.6 is 0 Å². The molecule has 1 fully saturated rings. The molecule has 6 heteroatoms. The zero-order chi connectivity index (χ0) is 16.7. The topological polar surface area (TPSA) is 61.9 Å². The molecule has 1 aromatic carbocycles. The van der Waals surface area contributed by atoms with Crippen molar-refractivity contribution in [3.05, 3.63) is 42.5 Å². The second kappa shape index (κ2) is 8.22. The number of para-hydroxylation sites is 1. The standard InChI is InChI=1S/C17H23N3O3/c1-14(2)16(21)23-13-8-18-17(22)20-11-9-19(10-12-20)15-6-4-3-5-7-15/h3-7H,1,8-13H2,2H3,(H,18,22). The predicted molar refractivity (Wildman–Crippen MR) is 89.4 cm³/mol. The van der Waals surface area contributed by atoms with Crippen molar-refractivity contribution in [1.29, 1.82) is 0 Å². The van der Waals surface area contributed by atoms with Gasteiger partial charge >= 0.3 is 12.0 Å². The smallest absolute Gasteiger partial charge is 0.333 e. The molecule has 0 aliphatic carbocycles. The van der Waals surface area contributed by atoms with E-state index >= 15 is 0 Å². The first-order valence-electron chi connectivity index (χ1n) is 7.73. The Morgan fingerprint density at radius 2 is 1.83 bits per heavy atom. The number of benzene rings is 1. The highest BCUT2D eigenvalue weighted by Crippen LogP contribution is 2.15. The van der Waals surface area contributed by atoms with Gasteiger partial charge in [0.25, 0.3) is 0 Å². The highest BCUT2D eigenvalue weighted by atomic mass is 16.5. The number of urea groups is 1. The number of esters is 1. The van der Waals surface area contributed by atoms with E-state index in [0.717, 1.165) is 13.1 Å². The van der Waals surface area contributed by atoms with Gasteiger partial charge in [0.1, 0.15) is 6.61 Å². The molecule has 1 saturated heterocycles. The monoisotopic (exact) mass is 317 g/mol. The van der Waals surface area contributed by atoms with Crippen LogP contribution in [0.3, 0.4) is 0 Å². The fourth-order valence-corrected chi connectivity index (χ4v) is 2.34. The lowest BCUT2D eigenvalue weighted by Crippen LogP contribution is -2.52. The van der Waals surface area contributed by atoms with Crippen molar-refractivity contribution in [2.24, 2.45) is 0 Å². The van der Waals surface area contributed by atoms with Crippen molar-refractivity contribution < 1.29 is 14.3 Å². The number of nitrogens with one attached hydrogen (secondary N) is 1. The molecule has 0 radical (unpaired) electrons. The Kier molecular flexibility index (Phi) is 6.02. The second-order valence-electron chi connectivity index (χ2n) is 5.46. The van der Waals surface area contributed by atoms with Crippen LogP contribution in [-0.4, -0.2) is 56.2 Å².